The first kappa shape index (κ1) is 25.3. The Morgan fingerprint density at radius 3 is 2.48 bits per heavy atom. The maximum atomic E-state index is 12.7. The number of imidazole rings is 1. The number of amides is 1. The second-order valence-corrected chi connectivity index (χ2v) is 8.91. The van der Waals surface area contributed by atoms with Gasteiger partial charge >= 0.3 is 5.97 Å². The van der Waals surface area contributed by atoms with Crippen LogP contribution in [0.1, 0.15) is 67.5 Å². The monoisotopic (exact) mass is 465 g/mol. The number of hydrogen-bond donors (Lipinski definition) is 3. The van der Waals surface area contributed by atoms with Gasteiger partial charge in [0.15, 0.2) is 5.15 Å². The average Bonchev–Trinajstić information content (AvgIpc) is 3.03. The summed E-state index contributed by atoms with van der Waals surface area (Å²) in [7, 11) is 0. The Hall–Kier alpha value is -1.99. The molecule has 0 saturated heterocycles. The Morgan fingerprint density at radius 1 is 1.26 bits per heavy atom. The predicted molar refractivity (Wildman–Crippen MR) is 127 cm³/mol. The summed E-state index contributed by atoms with van der Waals surface area (Å²) in [4.78, 5) is 28.3. The Kier molecular flexibility index (Phi) is 9.91. The van der Waals surface area contributed by atoms with Gasteiger partial charge in [0.05, 0.1) is 17.8 Å². The number of carboxylic acids is 1. The number of rotatable bonds is 12. The number of thiol groups is 1. The molecule has 1 heterocycles. The van der Waals surface area contributed by atoms with Gasteiger partial charge in [-0.2, -0.15) is 12.6 Å². The lowest BCUT2D eigenvalue weighted by Crippen LogP contribution is -2.33. The van der Waals surface area contributed by atoms with Crippen molar-refractivity contribution in [2.75, 3.05) is 5.75 Å². The smallest absolute Gasteiger partial charge is 0.335 e. The van der Waals surface area contributed by atoms with Crippen molar-refractivity contribution in [2.45, 2.75) is 59.5 Å². The van der Waals surface area contributed by atoms with E-state index in [0.29, 0.717) is 23.4 Å². The van der Waals surface area contributed by atoms with E-state index in [4.69, 9.17) is 16.7 Å². The second kappa shape index (κ2) is 12.2. The highest BCUT2D eigenvalue weighted by Gasteiger charge is 2.21. The maximum Gasteiger partial charge on any atom is 0.335 e. The summed E-state index contributed by atoms with van der Waals surface area (Å²) in [6.07, 6.45) is 3.57. The van der Waals surface area contributed by atoms with Gasteiger partial charge in [-0.15, -0.1) is 0 Å². The molecule has 0 fully saturated rings. The SMILES string of the molecule is CCCCc1nc(Cl)c(CNC(=O)[C@H](CS)CC(C)C)n1Cc1ccc(C(=O)O)cc1. The summed E-state index contributed by atoms with van der Waals surface area (Å²) in [5.41, 5.74) is 1.94. The molecule has 8 heteroatoms. The summed E-state index contributed by atoms with van der Waals surface area (Å²) in [5, 5.41) is 12.5. The third-order valence-corrected chi connectivity index (χ3v) is 5.92. The van der Waals surface area contributed by atoms with Crippen LogP contribution in [-0.4, -0.2) is 32.3 Å². The number of benzene rings is 1. The van der Waals surface area contributed by atoms with Crippen LogP contribution in [0, 0.1) is 11.8 Å². The molecule has 0 bridgehead atoms. The van der Waals surface area contributed by atoms with Gasteiger partial charge < -0.3 is 15.0 Å². The molecule has 2 rings (SSSR count). The van der Waals surface area contributed by atoms with Gasteiger partial charge in [0.1, 0.15) is 5.82 Å². The van der Waals surface area contributed by atoms with Crippen molar-refractivity contribution in [1.29, 1.82) is 0 Å². The van der Waals surface area contributed by atoms with Crippen molar-refractivity contribution in [1.82, 2.24) is 14.9 Å². The van der Waals surface area contributed by atoms with Gasteiger partial charge in [-0.1, -0.05) is 50.9 Å². The minimum atomic E-state index is -0.954. The zero-order chi connectivity index (χ0) is 23.0. The lowest BCUT2D eigenvalue weighted by molar-refractivity contribution is -0.124. The Bertz CT molecular complexity index is 881. The molecular weight excluding hydrogens is 434 g/mol. The number of aromatic nitrogens is 2. The first-order valence-electron chi connectivity index (χ1n) is 10.7. The number of aromatic carboxylic acids is 1. The van der Waals surface area contributed by atoms with E-state index in [1.165, 1.54) is 0 Å². The second-order valence-electron chi connectivity index (χ2n) is 8.18. The summed E-state index contributed by atoms with van der Waals surface area (Å²) in [6.45, 7) is 7.09. The number of nitrogens with one attached hydrogen (secondary N) is 1. The van der Waals surface area contributed by atoms with Crippen LogP contribution >= 0.6 is 24.2 Å². The number of nitrogens with zero attached hydrogens (tertiary/aromatic N) is 2. The highest BCUT2D eigenvalue weighted by Crippen LogP contribution is 2.22. The molecule has 1 aromatic heterocycles. The minimum Gasteiger partial charge on any atom is -0.478 e. The lowest BCUT2D eigenvalue weighted by Gasteiger charge is -2.18. The maximum absolute atomic E-state index is 12.7. The van der Waals surface area contributed by atoms with E-state index < -0.39 is 5.97 Å². The van der Waals surface area contributed by atoms with Gasteiger partial charge in [0.2, 0.25) is 5.91 Å². The van der Waals surface area contributed by atoms with Crippen LogP contribution in [0.4, 0.5) is 0 Å². The zero-order valence-electron chi connectivity index (χ0n) is 18.4. The topological polar surface area (TPSA) is 84.2 Å². The molecule has 170 valence electrons. The Balaban J connectivity index is 2.24. The number of unbranched alkanes of at least 4 members (excludes halogenated alkanes) is 1. The molecule has 6 nitrogen and oxygen atoms in total. The lowest BCUT2D eigenvalue weighted by atomic mass is 9.98. The predicted octanol–water partition coefficient (Wildman–Crippen LogP) is 4.83. The van der Waals surface area contributed by atoms with Crippen LogP contribution in [-0.2, 0) is 24.3 Å². The van der Waals surface area contributed by atoms with Crippen molar-refractivity contribution < 1.29 is 14.7 Å². The van der Waals surface area contributed by atoms with Gasteiger partial charge in [-0.25, -0.2) is 9.78 Å². The molecule has 0 radical (unpaired) electrons. The molecule has 0 aliphatic heterocycles. The zero-order valence-corrected chi connectivity index (χ0v) is 20.0. The van der Waals surface area contributed by atoms with Crippen molar-refractivity contribution >= 4 is 36.1 Å². The third kappa shape index (κ3) is 7.28. The van der Waals surface area contributed by atoms with Crippen LogP contribution in [0.5, 0.6) is 0 Å². The fraction of sp³-hybridized carbons (Fsp3) is 0.522. The van der Waals surface area contributed by atoms with Crippen molar-refractivity contribution in [3.8, 4) is 0 Å². The third-order valence-electron chi connectivity index (χ3n) is 5.18. The number of halogens is 1. The molecule has 2 aromatic rings. The van der Waals surface area contributed by atoms with E-state index >= 15 is 0 Å². The van der Waals surface area contributed by atoms with Crippen LogP contribution in [0.3, 0.4) is 0 Å². The first-order valence-corrected chi connectivity index (χ1v) is 11.7. The van der Waals surface area contributed by atoms with E-state index in [1.54, 1.807) is 24.3 Å². The molecular formula is C23H32ClN3O3S. The standard InChI is InChI=1S/C23H32ClN3O3S/c1-4-5-6-20-26-21(24)19(12-25-22(28)18(14-31)11-15(2)3)27(20)13-16-7-9-17(10-8-16)23(29)30/h7-10,15,18,31H,4-6,11-14H2,1-3H3,(H,25,28)(H,29,30)/t18-/m0/s1. The number of carbonyl (C=O) groups excluding carboxylic acids is 1. The molecule has 1 atom stereocenters. The van der Waals surface area contributed by atoms with E-state index in [1.807, 2.05) is 4.57 Å². The summed E-state index contributed by atoms with van der Waals surface area (Å²) in [5.74, 6) is 0.631. The van der Waals surface area contributed by atoms with Crippen LogP contribution in [0.25, 0.3) is 0 Å². The van der Waals surface area contributed by atoms with Crippen LogP contribution in [0.15, 0.2) is 24.3 Å². The molecule has 0 saturated carbocycles. The fourth-order valence-corrected chi connectivity index (χ4v) is 4.05. The molecule has 0 aliphatic rings. The van der Waals surface area contributed by atoms with Crippen LogP contribution < -0.4 is 5.32 Å². The van der Waals surface area contributed by atoms with Crippen molar-refractivity contribution in [2.24, 2.45) is 11.8 Å². The minimum absolute atomic E-state index is 0.0339. The molecule has 1 amide bonds. The summed E-state index contributed by atoms with van der Waals surface area (Å²) in [6, 6.07) is 6.77. The van der Waals surface area contributed by atoms with Gasteiger partial charge in [0.25, 0.3) is 0 Å². The summed E-state index contributed by atoms with van der Waals surface area (Å²) < 4.78 is 2.03. The highest BCUT2D eigenvalue weighted by molar-refractivity contribution is 7.80. The van der Waals surface area contributed by atoms with E-state index in [9.17, 15) is 9.59 Å². The van der Waals surface area contributed by atoms with Gasteiger partial charge in [0, 0.05) is 24.6 Å². The van der Waals surface area contributed by atoms with Gasteiger partial charge in [-0.3, -0.25) is 4.79 Å². The number of hydrogen-bond acceptors (Lipinski definition) is 4. The number of carboxylic acid groups (broad SMARTS) is 1. The molecule has 0 spiro atoms. The Morgan fingerprint density at radius 2 is 1.94 bits per heavy atom. The molecule has 0 aliphatic carbocycles. The number of carbonyl (C=O) groups is 2. The quantitative estimate of drug-likeness (QED) is 0.392. The molecule has 31 heavy (non-hydrogen) atoms. The van der Waals surface area contributed by atoms with E-state index in [-0.39, 0.29) is 23.9 Å². The molecule has 1 aromatic carbocycles. The number of aryl methyl sites for hydroxylation is 1. The largest absolute Gasteiger partial charge is 0.478 e. The first-order chi connectivity index (χ1) is 14.8. The van der Waals surface area contributed by atoms with Crippen molar-refractivity contribution in [3.05, 3.63) is 52.1 Å². The molecule has 2 N–H and O–H groups in total. The van der Waals surface area contributed by atoms with Gasteiger partial charge in [-0.05, 0) is 36.5 Å². The normalized spacial score (nSPS) is 12.2. The highest BCUT2D eigenvalue weighted by atomic mass is 35.5. The van der Waals surface area contributed by atoms with Crippen molar-refractivity contribution in [3.63, 3.8) is 0 Å². The van der Waals surface area contributed by atoms with Crippen LogP contribution in [0.2, 0.25) is 5.15 Å². The summed E-state index contributed by atoms with van der Waals surface area (Å²) >= 11 is 10.8. The Labute approximate surface area is 194 Å². The molecule has 0 unspecified atom stereocenters. The fourth-order valence-electron chi connectivity index (χ4n) is 3.47. The van der Waals surface area contributed by atoms with E-state index in [2.05, 4.69) is 43.7 Å². The average molecular weight is 466 g/mol. The van der Waals surface area contributed by atoms with E-state index in [0.717, 1.165) is 42.8 Å².